The Hall–Kier alpha value is -2.30. The fourth-order valence-electron chi connectivity index (χ4n) is 3.21. The molecule has 0 spiro atoms. The van der Waals surface area contributed by atoms with Crippen LogP contribution in [-0.2, 0) is 19.3 Å². The number of hydrogen-bond donors (Lipinski definition) is 2. The molecule has 2 heterocycles. The molecule has 1 aromatic carbocycles. The number of nitrogens with zero attached hydrogens (tertiary/aromatic N) is 2. The zero-order chi connectivity index (χ0) is 16.6. The third-order valence-electron chi connectivity index (χ3n) is 4.13. The largest absolute Gasteiger partial charge is 0.487 e. The Labute approximate surface area is 137 Å². The summed E-state index contributed by atoms with van der Waals surface area (Å²) in [6, 6.07) is 4.44. The highest BCUT2D eigenvalue weighted by Crippen LogP contribution is 2.39. The van der Waals surface area contributed by atoms with Crippen LogP contribution in [0.15, 0.2) is 18.3 Å². The van der Waals surface area contributed by atoms with E-state index in [1.54, 1.807) is 6.20 Å². The number of rotatable bonds is 4. The molecular weight excluding hydrogens is 288 g/mol. The molecule has 0 bridgehead atoms. The molecule has 122 valence electrons. The molecule has 5 nitrogen and oxygen atoms in total. The van der Waals surface area contributed by atoms with Crippen molar-refractivity contribution in [2.45, 2.75) is 52.1 Å². The van der Waals surface area contributed by atoms with Crippen LogP contribution in [0.3, 0.4) is 0 Å². The van der Waals surface area contributed by atoms with Gasteiger partial charge in [-0.2, -0.15) is 4.98 Å². The second kappa shape index (κ2) is 5.72. The van der Waals surface area contributed by atoms with E-state index in [1.807, 2.05) is 0 Å². The molecule has 0 radical (unpaired) electrons. The smallest absolute Gasteiger partial charge is 0.221 e. The Morgan fingerprint density at radius 1 is 1.22 bits per heavy atom. The number of nitrogens with two attached hydrogens (primary N) is 2. The topological polar surface area (TPSA) is 87.0 Å². The van der Waals surface area contributed by atoms with E-state index < -0.39 is 0 Å². The molecule has 0 unspecified atom stereocenters. The number of nitrogen functional groups attached to an aromatic ring is 2. The van der Waals surface area contributed by atoms with E-state index in [0.29, 0.717) is 12.2 Å². The first-order valence-electron chi connectivity index (χ1n) is 8.08. The van der Waals surface area contributed by atoms with Crippen molar-refractivity contribution in [1.29, 1.82) is 0 Å². The predicted molar refractivity (Wildman–Crippen MR) is 92.5 cm³/mol. The van der Waals surface area contributed by atoms with Gasteiger partial charge in [-0.25, -0.2) is 4.98 Å². The van der Waals surface area contributed by atoms with Gasteiger partial charge in [-0.3, -0.25) is 0 Å². The zero-order valence-electron chi connectivity index (χ0n) is 14.0. The van der Waals surface area contributed by atoms with Crippen LogP contribution in [0.5, 0.6) is 5.75 Å². The highest BCUT2D eigenvalue weighted by atomic mass is 16.5. The third kappa shape index (κ3) is 3.23. The number of benzene rings is 1. The maximum absolute atomic E-state index is 6.16. The van der Waals surface area contributed by atoms with Gasteiger partial charge in [0.1, 0.15) is 17.2 Å². The Balaban J connectivity index is 1.96. The lowest BCUT2D eigenvalue weighted by atomic mass is 9.94. The molecule has 1 aliphatic heterocycles. The second-order valence-electron chi connectivity index (χ2n) is 6.85. The van der Waals surface area contributed by atoms with Crippen molar-refractivity contribution in [3.05, 3.63) is 40.6 Å². The van der Waals surface area contributed by atoms with Crippen molar-refractivity contribution in [3.8, 4) is 5.75 Å². The van der Waals surface area contributed by atoms with Crippen LogP contribution < -0.4 is 16.2 Å². The fourth-order valence-corrected chi connectivity index (χ4v) is 3.21. The van der Waals surface area contributed by atoms with Crippen LogP contribution in [0, 0.1) is 0 Å². The summed E-state index contributed by atoms with van der Waals surface area (Å²) in [5, 5.41) is 0. The van der Waals surface area contributed by atoms with Gasteiger partial charge in [-0.15, -0.1) is 0 Å². The lowest BCUT2D eigenvalue weighted by Crippen LogP contribution is -2.24. The molecule has 2 aromatic rings. The number of anilines is 2. The summed E-state index contributed by atoms with van der Waals surface area (Å²) in [5.74, 6) is 1.73. The van der Waals surface area contributed by atoms with Crippen molar-refractivity contribution in [2.24, 2.45) is 0 Å². The first-order chi connectivity index (χ1) is 10.9. The van der Waals surface area contributed by atoms with Crippen LogP contribution in [0.4, 0.5) is 11.8 Å². The summed E-state index contributed by atoms with van der Waals surface area (Å²) >= 11 is 0. The van der Waals surface area contributed by atoms with Gasteiger partial charge in [-0.05, 0) is 37.0 Å². The van der Waals surface area contributed by atoms with E-state index in [-0.39, 0.29) is 11.5 Å². The molecule has 5 heteroatoms. The summed E-state index contributed by atoms with van der Waals surface area (Å²) in [6.45, 7) is 6.45. The third-order valence-corrected chi connectivity index (χ3v) is 4.13. The first-order valence-corrected chi connectivity index (χ1v) is 8.08. The van der Waals surface area contributed by atoms with E-state index in [2.05, 4.69) is 42.9 Å². The normalized spacial score (nSPS) is 15.3. The first kappa shape index (κ1) is 15.6. The molecule has 3 rings (SSSR count). The Bertz CT molecular complexity index is 740. The van der Waals surface area contributed by atoms with Crippen molar-refractivity contribution in [2.75, 3.05) is 11.5 Å². The minimum absolute atomic E-state index is 0.132. The molecule has 0 atom stereocenters. The molecule has 0 fully saturated rings. The van der Waals surface area contributed by atoms with Crippen LogP contribution in [0.2, 0.25) is 0 Å². The quantitative estimate of drug-likeness (QED) is 0.906. The highest BCUT2D eigenvalue weighted by molar-refractivity contribution is 5.51. The molecule has 0 aliphatic carbocycles. The Morgan fingerprint density at radius 3 is 2.70 bits per heavy atom. The van der Waals surface area contributed by atoms with Crippen molar-refractivity contribution in [3.63, 3.8) is 0 Å². The Morgan fingerprint density at radius 2 is 2.00 bits per heavy atom. The number of aryl methyl sites for hydroxylation is 1. The van der Waals surface area contributed by atoms with Crippen molar-refractivity contribution in [1.82, 2.24) is 9.97 Å². The van der Waals surface area contributed by atoms with Gasteiger partial charge in [0.15, 0.2) is 0 Å². The molecule has 0 saturated carbocycles. The minimum atomic E-state index is -0.132. The summed E-state index contributed by atoms with van der Waals surface area (Å²) in [6.07, 6.45) is 5.45. The van der Waals surface area contributed by atoms with Crippen LogP contribution in [0.25, 0.3) is 0 Å². The van der Waals surface area contributed by atoms with Gasteiger partial charge in [0, 0.05) is 24.6 Å². The molecule has 1 aliphatic rings. The van der Waals surface area contributed by atoms with Crippen molar-refractivity contribution < 1.29 is 4.74 Å². The molecule has 1 aromatic heterocycles. The molecular formula is C18H24N4O. The number of aromatic nitrogens is 2. The zero-order valence-corrected chi connectivity index (χ0v) is 14.0. The SMILES string of the molecule is CCCc1cc(Cc2cnc(N)nc2N)cc2c1OC(C)(C)C2. The fraction of sp³-hybridized carbons (Fsp3) is 0.444. The Kier molecular flexibility index (Phi) is 3.88. The minimum Gasteiger partial charge on any atom is -0.487 e. The van der Waals surface area contributed by atoms with E-state index >= 15 is 0 Å². The van der Waals surface area contributed by atoms with Gasteiger partial charge in [0.05, 0.1) is 0 Å². The lowest BCUT2D eigenvalue weighted by Gasteiger charge is -2.18. The predicted octanol–water partition coefficient (Wildman–Crippen LogP) is 2.90. The molecule has 0 amide bonds. The van der Waals surface area contributed by atoms with E-state index in [0.717, 1.165) is 30.6 Å². The van der Waals surface area contributed by atoms with Gasteiger partial charge in [-0.1, -0.05) is 25.5 Å². The average Bonchev–Trinajstić information content (AvgIpc) is 2.77. The van der Waals surface area contributed by atoms with Gasteiger partial charge in [0.25, 0.3) is 0 Å². The maximum atomic E-state index is 6.16. The second-order valence-corrected chi connectivity index (χ2v) is 6.85. The summed E-state index contributed by atoms with van der Waals surface area (Å²) in [5.41, 5.74) is 16.1. The number of hydrogen-bond acceptors (Lipinski definition) is 5. The van der Waals surface area contributed by atoms with E-state index in [1.165, 1.54) is 16.7 Å². The van der Waals surface area contributed by atoms with Crippen LogP contribution in [0.1, 0.15) is 49.4 Å². The monoisotopic (exact) mass is 312 g/mol. The van der Waals surface area contributed by atoms with E-state index in [4.69, 9.17) is 16.2 Å². The van der Waals surface area contributed by atoms with Crippen LogP contribution >= 0.6 is 0 Å². The van der Waals surface area contributed by atoms with Gasteiger partial charge >= 0.3 is 0 Å². The molecule has 4 N–H and O–H groups in total. The van der Waals surface area contributed by atoms with Gasteiger partial charge < -0.3 is 16.2 Å². The lowest BCUT2D eigenvalue weighted by molar-refractivity contribution is 0.137. The molecule has 0 saturated heterocycles. The summed E-state index contributed by atoms with van der Waals surface area (Å²) in [7, 11) is 0. The average molecular weight is 312 g/mol. The molecule has 23 heavy (non-hydrogen) atoms. The standard InChI is InChI=1S/C18H24N4O/c1-4-5-12-6-11(7-13-9-18(2,3)23-15(12)13)8-14-10-21-17(20)22-16(14)19/h6-7,10H,4-5,8-9H2,1-3H3,(H4,19,20,21,22). The number of ether oxygens (including phenoxy) is 1. The summed E-state index contributed by atoms with van der Waals surface area (Å²) in [4.78, 5) is 8.10. The summed E-state index contributed by atoms with van der Waals surface area (Å²) < 4.78 is 6.16. The van der Waals surface area contributed by atoms with E-state index in [9.17, 15) is 0 Å². The van der Waals surface area contributed by atoms with Crippen molar-refractivity contribution >= 4 is 11.8 Å². The van der Waals surface area contributed by atoms with Gasteiger partial charge in [0.2, 0.25) is 5.95 Å². The van der Waals surface area contributed by atoms with Crippen LogP contribution in [-0.4, -0.2) is 15.6 Å². The highest BCUT2D eigenvalue weighted by Gasteiger charge is 2.32. The number of fused-ring (bicyclic) bond motifs is 1. The maximum Gasteiger partial charge on any atom is 0.221 e.